The van der Waals surface area contributed by atoms with Crippen molar-refractivity contribution in [3.05, 3.63) is 52.8 Å². The van der Waals surface area contributed by atoms with E-state index < -0.39 is 10.0 Å². The van der Waals surface area contributed by atoms with E-state index in [2.05, 4.69) is 14.9 Å². The van der Waals surface area contributed by atoms with Crippen LogP contribution in [0.5, 0.6) is 0 Å². The van der Waals surface area contributed by atoms with Gasteiger partial charge in [0.1, 0.15) is 0 Å². The quantitative estimate of drug-likeness (QED) is 0.851. The van der Waals surface area contributed by atoms with E-state index in [1.165, 1.54) is 0 Å². The van der Waals surface area contributed by atoms with Crippen molar-refractivity contribution in [2.24, 2.45) is 0 Å². The number of aromatic amines is 1. The second-order valence-electron chi connectivity index (χ2n) is 4.80. The monoisotopic (exact) mass is 293 g/mol. The molecule has 108 valence electrons. The lowest BCUT2D eigenvalue weighted by atomic mass is 10.1. The molecule has 0 spiro atoms. The third-order valence-corrected chi connectivity index (χ3v) is 4.53. The van der Waals surface area contributed by atoms with E-state index in [9.17, 15) is 8.42 Å². The molecule has 2 aromatic rings. The molecule has 20 heavy (non-hydrogen) atoms. The van der Waals surface area contributed by atoms with Crippen LogP contribution in [0.4, 0.5) is 0 Å². The van der Waals surface area contributed by atoms with Gasteiger partial charge in [0.2, 0.25) is 10.0 Å². The van der Waals surface area contributed by atoms with Crippen LogP contribution >= 0.6 is 0 Å². The Morgan fingerprint density at radius 3 is 2.50 bits per heavy atom. The molecule has 1 heterocycles. The van der Waals surface area contributed by atoms with Crippen LogP contribution < -0.4 is 4.72 Å². The Hall–Kier alpha value is -1.66. The Kier molecular flexibility index (Phi) is 4.57. The lowest BCUT2D eigenvalue weighted by Gasteiger charge is -2.07. The third-order valence-electron chi connectivity index (χ3n) is 3.18. The van der Waals surface area contributed by atoms with Crippen LogP contribution in [0.25, 0.3) is 0 Å². The molecule has 2 N–H and O–H groups in total. The zero-order chi connectivity index (χ0) is 14.6. The first-order valence-corrected chi connectivity index (χ1v) is 8.15. The van der Waals surface area contributed by atoms with Crippen molar-refractivity contribution in [2.75, 3.05) is 6.54 Å². The van der Waals surface area contributed by atoms with Gasteiger partial charge in [-0.1, -0.05) is 30.3 Å². The first-order valence-electron chi connectivity index (χ1n) is 6.49. The number of nitrogens with one attached hydrogen (secondary N) is 2. The molecular weight excluding hydrogens is 274 g/mol. The van der Waals surface area contributed by atoms with E-state index in [0.717, 1.165) is 22.5 Å². The highest BCUT2D eigenvalue weighted by molar-refractivity contribution is 7.88. The van der Waals surface area contributed by atoms with Gasteiger partial charge in [0.15, 0.2) is 0 Å². The number of sulfonamides is 1. The molecule has 0 saturated carbocycles. The molecule has 2 rings (SSSR count). The molecule has 0 radical (unpaired) electrons. The molecular formula is C14H19N3O2S. The Bertz CT molecular complexity index is 643. The van der Waals surface area contributed by atoms with Crippen LogP contribution in [0, 0.1) is 13.8 Å². The van der Waals surface area contributed by atoms with Gasteiger partial charge in [-0.05, 0) is 31.4 Å². The molecule has 5 nitrogen and oxygen atoms in total. The largest absolute Gasteiger partial charge is 0.282 e. The number of benzene rings is 1. The van der Waals surface area contributed by atoms with Gasteiger partial charge >= 0.3 is 0 Å². The fourth-order valence-corrected chi connectivity index (χ4v) is 3.27. The number of nitrogens with zero attached hydrogens (tertiary/aromatic N) is 1. The third kappa shape index (κ3) is 3.91. The molecule has 1 aromatic carbocycles. The van der Waals surface area contributed by atoms with Gasteiger partial charge in [-0.15, -0.1) is 0 Å². The summed E-state index contributed by atoms with van der Waals surface area (Å²) < 4.78 is 26.6. The summed E-state index contributed by atoms with van der Waals surface area (Å²) in [6, 6.07) is 9.16. The van der Waals surface area contributed by atoms with Crippen LogP contribution in [0.3, 0.4) is 0 Å². The second-order valence-corrected chi connectivity index (χ2v) is 6.61. The zero-order valence-corrected chi connectivity index (χ0v) is 12.5. The Labute approximate surface area is 119 Å². The highest BCUT2D eigenvalue weighted by Crippen LogP contribution is 2.10. The van der Waals surface area contributed by atoms with Gasteiger partial charge in [0.05, 0.1) is 11.4 Å². The Morgan fingerprint density at radius 2 is 1.90 bits per heavy atom. The number of H-pyrrole nitrogens is 1. The molecule has 0 amide bonds. The SMILES string of the molecule is Cc1n[nH]c(C)c1CCNS(=O)(=O)Cc1ccccc1. The number of rotatable bonds is 6. The van der Waals surface area contributed by atoms with Gasteiger partial charge in [-0.3, -0.25) is 5.10 Å². The summed E-state index contributed by atoms with van der Waals surface area (Å²) in [4.78, 5) is 0. The van der Waals surface area contributed by atoms with Crippen LogP contribution in [-0.2, 0) is 22.2 Å². The summed E-state index contributed by atoms with van der Waals surface area (Å²) in [5.41, 5.74) is 3.78. The van der Waals surface area contributed by atoms with Crippen molar-refractivity contribution >= 4 is 10.0 Å². The van der Waals surface area contributed by atoms with E-state index in [4.69, 9.17) is 0 Å². The average molecular weight is 293 g/mol. The van der Waals surface area contributed by atoms with Crippen LogP contribution in [0.1, 0.15) is 22.5 Å². The van der Waals surface area contributed by atoms with Gasteiger partial charge in [-0.25, -0.2) is 13.1 Å². The minimum absolute atomic E-state index is 0.0111. The number of hydrogen-bond acceptors (Lipinski definition) is 3. The first kappa shape index (κ1) is 14.7. The van der Waals surface area contributed by atoms with E-state index in [-0.39, 0.29) is 5.75 Å². The minimum Gasteiger partial charge on any atom is -0.282 e. The van der Waals surface area contributed by atoms with Crippen molar-refractivity contribution in [1.82, 2.24) is 14.9 Å². The summed E-state index contributed by atoms with van der Waals surface area (Å²) in [5.74, 6) is 0.0111. The highest BCUT2D eigenvalue weighted by atomic mass is 32.2. The maximum atomic E-state index is 12.0. The van der Waals surface area contributed by atoms with Crippen molar-refractivity contribution in [3.63, 3.8) is 0 Å². The molecule has 0 unspecified atom stereocenters. The molecule has 0 bridgehead atoms. The molecule has 6 heteroatoms. The average Bonchev–Trinajstić information content (AvgIpc) is 2.71. The lowest BCUT2D eigenvalue weighted by Crippen LogP contribution is -2.27. The van der Waals surface area contributed by atoms with E-state index in [1.54, 1.807) is 0 Å². The predicted molar refractivity (Wildman–Crippen MR) is 78.8 cm³/mol. The summed E-state index contributed by atoms with van der Waals surface area (Å²) in [6.07, 6.45) is 0.641. The molecule has 0 aliphatic carbocycles. The zero-order valence-electron chi connectivity index (χ0n) is 11.7. The molecule has 0 saturated heterocycles. The molecule has 0 fully saturated rings. The molecule has 0 aliphatic rings. The van der Waals surface area contributed by atoms with Crippen molar-refractivity contribution in [2.45, 2.75) is 26.0 Å². The Balaban J connectivity index is 1.90. The fraction of sp³-hybridized carbons (Fsp3) is 0.357. The Morgan fingerprint density at radius 1 is 1.20 bits per heavy atom. The standard InChI is InChI=1S/C14H19N3O2S/c1-11-14(12(2)17-16-11)8-9-15-20(18,19)10-13-6-4-3-5-7-13/h3-7,15H,8-10H2,1-2H3,(H,16,17). The summed E-state index contributed by atoms with van der Waals surface area (Å²) >= 11 is 0. The maximum Gasteiger partial charge on any atom is 0.215 e. The number of aromatic nitrogens is 2. The van der Waals surface area contributed by atoms with Gasteiger partial charge in [0.25, 0.3) is 0 Å². The van der Waals surface area contributed by atoms with Crippen molar-refractivity contribution in [3.8, 4) is 0 Å². The number of aryl methyl sites for hydroxylation is 2. The predicted octanol–water partition coefficient (Wildman–Crippen LogP) is 1.69. The van der Waals surface area contributed by atoms with Gasteiger partial charge < -0.3 is 0 Å². The fourth-order valence-electron chi connectivity index (χ4n) is 2.12. The summed E-state index contributed by atoms with van der Waals surface area (Å²) in [7, 11) is -3.29. The van der Waals surface area contributed by atoms with Crippen LogP contribution in [-0.4, -0.2) is 25.2 Å². The second kappa shape index (κ2) is 6.19. The van der Waals surface area contributed by atoms with Crippen LogP contribution in [0.2, 0.25) is 0 Å². The van der Waals surface area contributed by atoms with Gasteiger partial charge in [-0.2, -0.15) is 5.10 Å². The minimum atomic E-state index is -3.29. The summed E-state index contributed by atoms with van der Waals surface area (Å²) in [6.45, 7) is 4.24. The van der Waals surface area contributed by atoms with Crippen molar-refractivity contribution < 1.29 is 8.42 Å². The normalized spacial score (nSPS) is 11.7. The first-order chi connectivity index (χ1) is 9.48. The highest BCUT2D eigenvalue weighted by Gasteiger charge is 2.12. The molecule has 0 atom stereocenters. The maximum absolute atomic E-state index is 12.0. The van der Waals surface area contributed by atoms with Crippen LogP contribution in [0.15, 0.2) is 30.3 Å². The number of hydrogen-bond donors (Lipinski definition) is 2. The topological polar surface area (TPSA) is 74.8 Å². The lowest BCUT2D eigenvalue weighted by molar-refractivity contribution is 0.580. The molecule has 1 aromatic heterocycles. The van der Waals surface area contributed by atoms with E-state index in [0.29, 0.717) is 13.0 Å². The van der Waals surface area contributed by atoms with Gasteiger partial charge in [0, 0.05) is 12.2 Å². The van der Waals surface area contributed by atoms with Crippen molar-refractivity contribution in [1.29, 1.82) is 0 Å². The van der Waals surface area contributed by atoms with E-state index >= 15 is 0 Å². The molecule has 0 aliphatic heterocycles. The smallest absolute Gasteiger partial charge is 0.215 e. The van der Waals surface area contributed by atoms with E-state index in [1.807, 2.05) is 44.2 Å². The summed E-state index contributed by atoms with van der Waals surface area (Å²) in [5, 5.41) is 6.99.